The first-order chi connectivity index (χ1) is 8.70. The van der Waals surface area contributed by atoms with Crippen LogP contribution >= 0.6 is 0 Å². The number of hydrogen-bond acceptors (Lipinski definition) is 2. The van der Waals surface area contributed by atoms with Crippen LogP contribution in [0.2, 0.25) is 0 Å². The van der Waals surface area contributed by atoms with Gasteiger partial charge in [-0.2, -0.15) is 0 Å². The highest BCUT2D eigenvalue weighted by Gasteiger charge is 2.27. The third-order valence-electron chi connectivity index (χ3n) is 3.58. The molecule has 2 N–H and O–H groups in total. The lowest BCUT2D eigenvalue weighted by molar-refractivity contribution is 0.455. The minimum atomic E-state index is -1.33. The van der Waals surface area contributed by atoms with Crippen molar-refractivity contribution < 1.29 is 8.60 Å². The molecule has 2 nitrogen and oxygen atoms in total. The predicted molar refractivity (Wildman–Crippen MR) is 72.3 cm³/mol. The van der Waals surface area contributed by atoms with Gasteiger partial charge in [-0.1, -0.05) is 37.8 Å². The van der Waals surface area contributed by atoms with Gasteiger partial charge in [-0.05, 0) is 25.0 Å². The highest BCUT2D eigenvalue weighted by molar-refractivity contribution is 7.85. The van der Waals surface area contributed by atoms with Crippen LogP contribution in [0.25, 0.3) is 0 Å². The molecule has 4 heteroatoms. The lowest BCUT2D eigenvalue weighted by Crippen LogP contribution is -2.38. The molecule has 3 atom stereocenters. The smallest absolute Gasteiger partial charge is 0.139 e. The molecule has 0 spiro atoms. The molecule has 1 aliphatic rings. The number of nitrogens with two attached hydrogens (primary N) is 1. The lowest BCUT2D eigenvalue weighted by Gasteiger charge is -2.25. The van der Waals surface area contributed by atoms with Crippen molar-refractivity contribution in [3.05, 3.63) is 30.1 Å². The van der Waals surface area contributed by atoms with Crippen LogP contribution in [0.4, 0.5) is 4.39 Å². The summed E-state index contributed by atoms with van der Waals surface area (Å²) in [6.07, 6.45) is 6.22. The first-order valence-corrected chi connectivity index (χ1v) is 7.82. The van der Waals surface area contributed by atoms with Gasteiger partial charge in [0.15, 0.2) is 0 Å². The van der Waals surface area contributed by atoms with Crippen LogP contribution in [0.1, 0.15) is 38.5 Å². The molecule has 1 fully saturated rings. The molecular formula is C14H20FNOS. The molecule has 0 saturated heterocycles. The highest BCUT2D eigenvalue weighted by Crippen LogP contribution is 2.25. The number of benzene rings is 1. The number of hydrogen-bond donors (Lipinski definition) is 1. The Bertz CT molecular complexity index is 424. The Morgan fingerprint density at radius 3 is 2.50 bits per heavy atom. The quantitative estimate of drug-likeness (QED) is 0.897. The van der Waals surface area contributed by atoms with Crippen molar-refractivity contribution >= 4 is 10.8 Å². The Labute approximate surface area is 110 Å². The zero-order valence-electron chi connectivity index (χ0n) is 10.5. The summed E-state index contributed by atoms with van der Waals surface area (Å²) < 4.78 is 26.2. The monoisotopic (exact) mass is 269 g/mol. The van der Waals surface area contributed by atoms with Gasteiger partial charge in [-0.15, -0.1) is 0 Å². The van der Waals surface area contributed by atoms with Crippen molar-refractivity contribution in [3.8, 4) is 0 Å². The molecule has 1 aromatic rings. The van der Waals surface area contributed by atoms with Gasteiger partial charge >= 0.3 is 0 Å². The van der Waals surface area contributed by atoms with Crippen molar-refractivity contribution in [2.45, 2.75) is 54.7 Å². The summed E-state index contributed by atoms with van der Waals surface area (Å²) in [6.45, 7) is 0. The maximum absolute atomic E-state index is 13.7. The van der Waals surface area contributed by atoms with Crippen LogP contribution in [-0.4, -0.2) is 15.5 Å². The van der Waals surface area contributed by atoms with Crippen LogP contribution in [0.15, 0.2) is 29.2 Å². The Hall–Kier alpha value is -0.740. The molecule has 0 bridgehead atoms. The fourth-order valence-electron chi connectivity index (χ4n) is 2.52. The van der Waals surface area contributed by atoms with E-state index in [1.807, 2.05) is 0 Å². The van der Waals surface area contributed by atoms with Gasteiger partial charge in [0, 0.05) is 6.04 Å². The minimum absolute atomic E-state index is 0.0780. The second-order valence-corrected chi connectivity index (χ2v) is 6.56. The maximum atomic E-state index is 13.7. The average molecular weight is 269 g/mol. The van der Waals surface area contributed by atoms with Crippen LogP contribution in [0.5, 0.6) is 0 Å². The first-order valence-electron chi connectivity index (χ1n) is 6.61. The van der Waals surface area contributed by atoms with Crippen LogP contribution in [0.3, 0.4) is 0 Å². The van der Waals surface area contributed by atoms with E-state index >= 15 is 0 Å². The van der Waals surface area contributed by atoms with Gasteiger partial charge in [0.1, 0.15) is 5.82 Å². The van der Waals surface area contributed by atoms with E-state index in [4.69, 9.17) is 5.73 Å². The predicted octanol–water partition coefficient (Wildman–Crippen LogP) is 2.98. The van der Waals surface area contributed by atoms with E-state index in [0.717, 1.165) is 32.1 Å². The van der Waals surface area contributed by atoms with Gasteiger partial charge in [-0.25, -0.2) is 4.39 Å². The summed E-state index contributed by atoms with van der Waals surface area (Å²) in [4.78, 5) is 0.304. The summed E-state index contributed by atoms with van der Waals surface area (Å²) in [5.74, 6) is -0.384. The molecule has 1 aliphatic carbocycles. The molecule has 0 aromatic heterocycles. The first kappa shape index (κ1) is 13.7. The molecule has 0 aliphatic heterocycles. The molecule has 100 valence electrons. The molecule has 2 rings (SSSR count). The fraction of sp³-hybridized carbons (Fsp3) is 0.571. The number of rotatable bonds is 2. The summed E-state index contributed by atoms with van der Waals surface area (Å²) in [7, 11) is -1.33. The minimum Gasteiger partial charge on any atom is -0.327 e. The lowest BCUT2D eigenvalue weighted by atomic mass is 9.97. The van der Waals surface area contributed by atoms with Crippen molar-refractivity contribution in [1.82, 2.24) is 0 Å². The van der Waals surface area contributed by atoms with Gasteiger partial charge < -0.3 is 5.73 Å². The SMILES string of the molecule is NC1CCCCCCC1S(=O)c1ccccc1F. The third kappa shape index (κ3) is 3.18. The molecule has 1 aromatic carbocycles. The van der Waals surface area contributed by atoms with Crippen molar-refractivity contribution in [1.29, 1.82) is 0 Å². The number of halogens is 1. The average Bonchev–Trinajstić information content (AvgIpc) is 2.34. The zero-order chi connectivity index (χ0) is 13.0. The fourth-order valence-corrected chi connectivity index (χ4v) is 4.15. The van der Waals surface area contributed by atoms with Gasteiger partial charge in [0.2, 0.25) is 0 Å². The highest BCUT2D eigenvalue weighted by atomic mass is 32.2. The summed E-state index contributed by atoms with van der Waals surface area (Å²) in [5, 5.41) is -0.109. The molecular weight excluding hydrogens is 249 g/mol. The Morgan fingerprint density at radius 1 is 1.11 bits per heavy atom. The second-order valence-electron chi connectivity index (χ2n) is 4.92. The molecule has 18 heavy (non-hydrogen) atoms. The molecule has 0 heterocycles. The van der Waals surface area contributed by atoms with E-state index < -0.39 is 10.8 Å². The van der Waals surface area contributed by atoms with Crippen LogP contribution in [-0.2, 0) is 10.8 Å². The van der Waals surface area contributed by atoms with E-state index in [9.17, 15) is 8.60 Å². The van der Waals surface area contributed by atoms with Crippen LogP contribution in [0, 0.1) is 5.82 Å². The summed E-state index contributed by atoms with van der Waals surface area (Å²) >= 11 is 0. The van der Waals surface area contributed by atoms with E-state index in [-0.39, 0.29) is 17.1 Å². The topological polar surface area (TPSA) is 43.1 Å². The van der Waals surface area contributed by atoms with Crippen molar-refractivity contribution in [3.63, 3.8) is 0 Å². The molecule has 0 radical (unpaired) electrons. The third-order valence-corrected chi connectivity index (χ3v) is 5.48. The largest absolute Gasteiger partial charge is 0.327 e. The maximum Gasteiger partial charge on any atom is 0.139 e. The summed E-state index contributed by atoms with van der Waals surface area (Å²) in [5.41, 5.74) is 6.12. The van der Waals surface area contributed by atoms with Gasteiger partial charge in [0.25, 0.3) is 0 Å². The Morgan fingerprint density at radius 2 is 1.78 bits per heavy atom. The van der Waals surface area contributed by atoms with E-state index in [1.54, 1.807) is 18.2 Å². The van der Waals surface area contributed by atoms with E-state index in [1.165, 1.54) is 12.5 Å². The van der Waals surface area contributed by atoms with E-state index in [0.29, 0.717) is 4.90 Å². The second kappa shape index (κ2) is 6.43. The Kier molecular flexibility index (Phi) is 4.89. The van der Waals surface area contributed by atoms with Gasteiger partial charge in [-0.3, -0.25) is 4.21 Å². The van der Waals surface area contributed by atoms with Gasteiger partial charge in [0.05, 0.1) is 20.9 Å². The standard InChI is InChI=1S/C14H20FNOS/c15-11-7-5-6-9-13(11)18(17)14-10-4-2-1-3-8-12(14)16/h5-7,9,12,14H,1-4,8,10,16H2. The Balaban J connectivity index is 2.18. The van der Waals surface area contributed by atoms with Crippen molar-refractivity contribution in [2.75, 3.05) is 0 Å². The van der Waals surface area contributed by atoms with Crippen molar-refractivity contribution in [2.24, 2.45) is 5.73 Å². The molecule has 1 saturated carbocycles. The molecule has 3 unspecified atom stereocenters. The summed E-state index contributed by atoms with van der Waals surface area (Å²) in [6, 6.07) is 6.24. The zero-order valence-corrected chi connectivity index (χ0v) is 11.3. The molecule has 0 amide bonds. The van der Waals surface area contributed by atoms with Crippen LogP contribution < -0.4 is 5.73 Å². The van der Waals surface area contributed by atoms with E-state index in [2.05, 4.69) is 0 Å². The normalized spacial score (nSPS) is 27.2.